The van der Waals surface area contributed by atoms with Crippen LogP contribution in [0.25, 0.3) is 0 Å². The second kappa shape index (κ2) is 6.11. The van der Waals surface area contributed by atoms with Gasteiger partial charge in [0.15, 0.2) is 0 Å². The summed E-state index contributed by atoms with van der Waals surface area (Å²) in [5.74, 6) is -1.80. The lowest BCUT2D eigenvalue weighted by atomic mass is 10.1. The van der Waals surface area contributed by atoms with Gasteiger partial charge in [0.1, 0.15) is 16.9 Å². The largest absolute Gasteiger partial charge is 0.480 e. The monoisotopic (exact) mass is 295 g/mol. The average molecular weight is 296 g/mol. The van der Waals surface area contributed by atoms with E-state index in [1.165, 1.54) is 24.9 Å². The van der Waals surface area contributed by atoms with E-state index in [1.54, 1.807) is 0 Å². The van der Waals surface area contributed by atoms with Crippen LogP contribution in [0.5, 0.6) is 0 Å². The van der Waals surface area contributed by atoms with Crippen LogP contribution in [0.15, 0.2) is 24.9 Å². The van der Waals surface area contributed by atoms with Gasteiger partial charge in [-0.2, -0.15) is 0 Å². The predicted octanol–water partition coefficient (Wildman–Crippen LogP) is 0.279. The van der Waals surface area contributed by atoms with Crippen LogP contribution in [0.3, 0.4) is 0 Å². The number of carbonyl (C=O) groups is 2. The number of nitrogens with zero attached hydrogens (tertiary/aromatic N) is 3. The van der Waals surface area contributed by atoms with Crippen molar-refractivity contribution in [3.63, 3.8) is 0 Å². The molecule has 2 aromatic rings. The summed E-state index contributed by atoms with van der Waals surface area (Å²) in [5, 5.41) is 11.6. The molecule has 0 aliphatic heterocycles. The van der Waals surface area contributed by atoms with Crippen LogP contribution in [-0.2, 0) is 11.2 Å². The molecule has 0 spiro atoms. The zero-order valence-electron chi connectivity index (χ0n) is 10.1. The van der Waals surface area contributed by atoms with E-state index in [-0.39, 0.29) is 17.3 Å². The van der Waals surface area contributed by atoms with Gasteiger partial charge in [0, 0.05) is 18.3 Å². The Hall–Kier alpha value is -2.48. The summed E-state index contributed by atoms with van der Waals surface area (Å²) in [5.41, 5.74) is 0.588. The number of hydrogen-bond donors (Lipinski definition) is 3. The van der Waals surface area contributed by atoms with Gasteiger partial charge in [0.2, 0.25) is 0 Å². The van der Waals surface area contributed by atoms with Crippen LogP contribution in [0, 0.1) is 0 Å². The number of amides is 1. The van der Waals surface area contributed by atoms with E-state index in [1.807, 2.05) is 0 Å². The van der Waals surface area contributed by atoms with Gasteiger partial charge in [0.05, 0.1) is 18.7 Å². The number of H-pyrrole nitrogens is 1. The summed E-state index contributed by atoms with van der Waals surface area (Å²) in [6, 6.07) is -1.10. The minimum absolute atomic E-state index is 0.00902. The molecule has 0 fully saturated rings. The molecule has 20 heavy (non-hydrogen) atoms. The molecule has 2 heterocycles. The van der Waals surface area contributed by atoms with Crippen LogP contribution >= 0.6 is 11.6 Å². The molecule has 0 aliphatic carbocycles. The van der Waals surface area contributed by atoms with Crippen molar-refractivity contribution in [3.05, 3.63) is 41.5 Å². The SMILES string of the molecule is O=C(NC(Cc1cnc[nH]1)C(=O)O)c1cnc(Cl)cn1. The third kappa shape index (κ3) is 3.51. The number of carboxylic acids is 1. The molecule has 0 aromatic carbocycles. The number of carbonyl (C=O) groups excluding carboxylic acids is 1. The summed E-state index contributed by atoms with van der Waals surface area (Å²) < 4.78 is 0. The second-order valence-electron chi connectivity index (χ2n) is 3.87. The molecule has 0 radical (unpaired) electrons. The maximum atomic E-state index is 11.9. The number of aliphatic carboxylic acids is 1. The molecular formula is C11H10ClN5O3. The van der Waals surface area contributed by atoms with Gasteiger partial charge >= 0.3 is 5.97 Å². The van der Waals surface area contributed by atoms with Gasteiger partial charge in [0.25, 0.3) is 5.91 Å². The fraction of sp³-hybridized carbons (Fsp3) is 0.182. The highest BCUT2D eigenvalue weighted by atomic mass is 35.5. The van der Waals surface area contributed by atoms with Crippen LogP contribution in [0.1, 0.15) is 16.2 Å². The minimum Gasteiger partial charge on any atom is -0.480 e. The summed E-state index contributed by atoms with van der Waals surface area (Å²) in [6.45, 7) is 0. The molecule has 0 saturated carbocycles. The molecule has 0 aliphatic rings. The van der Waals surface area contributed by atoms with E-state index in [0.29, 0.717) is 5.69 Å². The van der Waals surface area contributed by atoms with Gasteiger partial charge in [-0.1, -0.05) is 11.6 Å². The van der Waals surface area contributed by atoms with E-state index < -0.39 is 17.9 Å². The van der Waals surface area contributed by atoms with E-state index in [2.05, 4.69) is 25.3 Å². The molecular weight excluding hydrogens is 286 g/mol. The lowest BCUT2D eigenvalue weighted by Gasteiger charge is -2.13. The average Bonchev–Trinajstić information content (AvgIpc) is 2.91. The Balaban J connectivity index is 2.06. The Labute approximate surface area is 118 Å². The zero-order valence-corrected chi connectivity index (χ0v) is 10.8. The van der Waals surface area contributed by atoms with E-state index in [9.17, 15) is 9.59 Å². The molecule has 2 rings (SSSR count). The highest BCUT2D eigenvalue weighted by Crippen LogP contribution is 2.03. The summed E-state index contributed by atoms with van der Waals surface area (Å²) >= 11 is 5.56. The maximum Gasteiger partial charge on any atom is 0.326 e. The third-order valence-corrected chi connectivity index (χ3v) is 2.63. The molecule has 3 N–H and O–H groups in total. The van der Waals surface area contributed by atoms with Crippen molar-refractivity contribution in [1.82, 2.24) is 25.3 Å². The van der Waals surface area contributed by atoms with E-state index >= 15 is 0 Å². The van der Waals surface area contributed by atoms with Crippen molar-refractivity contribution < 1.29 is 14.7 Å². The number of hydrogen-bond acceptors (Lipinski definition) is 5. The quantitative estimate of drug-likeness (QED) is 0.728. The third-order valence-electron chi connectivity index (χ3n) is 2.44. The first-order chi connectivity index (χ1) is 9.56. The minimum atomic E-state index is -1.16. The van der Waals surface area contributed by atoms with Crippen molar-refractivity contribution >= 4 is 23.5 Å². The van der Waals surface area contributed by atoms with Crippen molar-refractivity contribution in [2.75, 3.05) is 0 Å². The Bertz CT molecular complexity index is 599. The number of rotatable bonds is 5. The van der Waals surface area contributed by atoms with Gasteiger partial charge in [-0.15, -0.1) is 0 Å². The zero-order chi connectivity index (χ0) is 14.5. The predicted molar refractivity (Wildman–Crippen MR) is 68.2 cm³/mol. The first-order valence-electron chi connectivity index (χ1n) is 5.54. The molecule has 0 bridgehead atoms. The lowest BCUT2D eigenvalue weighted by molar-refractivity contribution is -0.139. The fourth-order valence-corrected chi connectivity index (χ4v) is 1.58. The lowest BCUT2D eigenvalue weighted by Crippen LogP contribution is -2.42. The molecule has 2 aromatic heterocycles. The smallest absolute Gasteiger partial charge is 0.326 e. The Kier molecular flexibility index (Phi) is 4.26. The summed E-state index contributed by atoms with van der Waals surface area (Å²) in [6.07, 6.45) is 5.39. The molecule has 0 saturated heterocycles. The van der Waals surface area contributed by atoms with Crippen molar-refractivity contribution in [2.24, 2.45) is 0 Å². The van der Waals surface area contributed by atoms with Gasteiger partial charge < -0.3 is 15.4 Å². The highest BCUT2D eigenvalue weighted by molar-refractivity contribution is 6.29. The van der Waals surface area contributed by atoms with E-state index in [4.69, 9.17) is 16.7 Å². The second-order valence-corrected chi connectivity index (χ2v) is 4.26. The standard InChI is InChI=1S/C11H10ClN5O3/c12-9-4-14-8(3-15-9)10(18)17-7(11(19)20)1-6-2-13-5-16-6/h2-5,7H,1H2,(H,13,16)(H,17,18)(H,19,20). The first-order valence-corrected chi connectivity index (χ1v) is 5.92. The maximum absolute atomic E-state index is 11.9. The molecule has 1 atom stereocenters. The first kappa shape index (κ1) is 13.9. The van der Waals surface area contributed by atoms with Crippen molar-refractivity contribution in [3.8, 4) is 0 Å². The number of imidazole rings is 1. The Morgan fingerprint density at radius 2 is 2.15 bits per heavy atom. The number of nitrogens with one attached hydrogen (secondary N) is 2. The topological polar surface area (TPSA) is 121 Å². The number of aromatic nitrogens is 4. The fourth-order valence-electron chi connectivity index (χ4n) is 1.48. The number of aromatic amines is 1. The van der Waals surface area contributed by atoms with Crippen LogP contribution in [-0.4, -0.2) is 43.0 Å². The number of carboxylic acid groups (broad SMARTS) is 1. The summed E-state index contributed by atoms with van der Waals surface area (Å²) in [4.78, 5) is 37.0. The van der Waals surface area contributed by atoms with Gasteiger partial charge in [-0.3, -0.25) is 4.79 Å². The molecule has 9 heteroatoms. The highest BCUT2D eigenvalue weighted by Gasteiger charge is 2.22. The molecule has 1 amide bonds. The van der Waals surface area contributed by atoms with Gasteiger partial charge in [-0.05, 0) is 0 Å². The Morgan fingerprint density at radius 1 is 1.35 bits per heavy atom. The molecule has 1 unspecified atom stereocenters. The normalized spacial score (nSPS) is 11.8. The Morgan fingerprint density at radius 3 is 2.70 bits per heavy atom. The number of halogens is 1. The van der Waals surface area contributed by atoms with Crippen LogP contribution < -0.4 is 5.32 Å². The van der Waals surface area contributed by atoms with Crippen molar-refractivity contribution in [1.29, 1.82) is 0 Å². The van der Waals surface area contributed by atoms with Crippen LogP contribution in [0.4, 0.5) is 0 Å². The van der Waals surface area contributed by atoms with Crippen molar-refractivity contribution in [2.45, 2.75) is 12.5 Å². The summed E-state index contributed by atoms with van der Waals surface area (Å²) in [7, 11) is 0. The van der Waals surface area contributed by atoms with Gasteiger partial charge in [-0.25, -0.2) is 19.7 Å². The molecule has 104 valence electrons. The van der Waals surface area contributed by atoms with E-state index in [0.717, 1.165) is 0 Å². The molecule has 8 nitrogen and oxygen atoms in total. The van der Waals surface area contributed by atoms with Crippen LogP contribution in [0.2, 0.25) is 5.15 Å².